The van der Waals surface area contributed by atoms with Gasteiger partial charge in [-0.1, -0.05) is 6.07 Å². The maximum atomic E-state index is 13.0. The van der Waals surface area contributed by atoms with E-state index in [-0.39, 0.29) is 5.69 Å². The highest BCUT2D eigenvalue weighted by Gasteiger charge is 2.11. The molecule has 2 aromatic rings. The van der Waals surface area contributed by atoms with Crippen molar-refractivity contribution in [3.05, 3.63) is 59.2 Å². The van der Waals surface area contributed by atoms with E-state index in [2.05, 4.69) is 10.6 Å². The van der Waals surface area contributed by atoms with Crippen LogP contribution in [-0.2, 0) is 9.59 Å². The van der Waals surface area contributed by atoms with E-state index in [0.717, 1.165) is 23.3 Å². The lowest BCUT2D eigenvalue weighted by Gasteiger charge is -2.08. The monoisotopic (exact) mass is 318 g/mol. The first-order chi connectivity index (χ1) is 10.8. The van der Waals surface area contributed by atoms with Gasteiger partial charge >= 0.3 is 0 Å². The number of nitrogens with one attached hydrogen (secondary N) is 2. The van der Waals surface area contributed by atoms with E-state index < -0.39 is 29.9 Å². The second-order valence-corrected chi connectivity index (χ2v) is 5.28. The van der Waals surface area contributed by atoms with Gasteiger partial charge in [-0.15, -0.1) is 0 Å². The first kappa shape index (κ1) is 16.6. The van der Waals surface area contributed by atoms with E-state index in [1.165, 1.54) is 6.07 Å². The molecule has 0 atom stereocenters. The van der Waals surface area contributed by atoms with Crippen molar-refractivity contribution < 1.29 is 18.4 Å². The molecule has 120 valence electrons. The molecule has 0 unspecified atom stereocenters. The topological polar surface area (TPSA) is 58.2 Å². The Kier molecular flexibility index (Phi) is 5.05. The average molecular weight is 318 g/mol. The Bertz CT molecular complexity index is 740. The normalized spacial score (nSPS) is 10.3. The second kappa shape index (κ2) is 7.00. The highest BCUT2D eigenvalue weighted by molar-refractivity contribution is 6.08. The van der Waals surface area contributed by atoms with Gasteiger partial charge in [0.15, 0.2) is 11.6 Å². The molecular weight excluding hydrogens is 302 g/mol. The molecule has 0 aliphatic carbocycles. The van der Waals surface area contributed by atoms with Crippen molar-refractivity contribution in [1.29, 1.82) is 0 Å². The van der Waals surface area contributed by atoms with Gasteiger partial charge in [0.05, 0.1) is 0 Å². The Balaban J connectivity index is 1.94. The third kappa shape index (κ3) is 4.88. The highest BCUT2D eigenvalue weighted by atomic mass is 19.2. The molecule has 0 radical (unpaired) electrons. The first-order valence-electron chi connectivity index (χ1n) is 6.96. The summed E-state index contributed by atoms with van der Waals surface area (Å²) in [5.74, 6) is -3.17. The van der Waals surface area contributed by atoms with Crippen LogP contribution in [0.5, 0.6) is 0 Å². The fourth-order valence-electron chi connectivity index (χ4n) is 2.18. The van der Waals surface area contributed by atoms with E-state index in [4.69, 9.17) is 0 Å². The average Bonchev–Trinajstić information content (AvgIpc) is 2.41. The van der Waals surface area contributed by atoms with Gasteiger partial charge in [0.1, 0.15) is 6.42 Å². The fraction of sp³-hybridized carbons (Fsp3) is 0.176. The van der Waals surface area contributed by atoms with Crippen LogP contribution in [0.4, 0.5) is 20.2 Å². The number of hydrogen-bond acceptors (Lipinski definition) is 2. The van der Waals surface area contributed by atoms with Crippen LogP contribution in [0.25, 0.3) is 0 Å². The van der Waals surface area contributed by atoms with E-state index >= 15 is 0 Å². The number of halogens is 2. The third-order valence-electron chi connectivity index (χ3n) is 3.03. The zero-order valence-electron chi connectivity index (χ0n) is 12.7. The smallest absolute Gasteiger partial charge is 0.233 e. The Labute approximate surface area is 132 Å². The number of carbonyl (C=O) groups excluding carboxylic acids is 2. The molecule has 0 bridgehead atoms. The molecule has 0 heterocycles. The van der Waals surface area contributed by atoms with Crippen LogP contribution >= 0.6 is 0 Å². The molecule has 0 spiro atoms. The SMILES string of the molecule is Cc1cc(C)cc(NC(=O)CC(=O)Nc2ccc(F)c(F)c2)c1. The van der Waals surface area contributed by atoms with E-state index in [0.29, 0.717) is 5.69 Å². The largest absolute Gasteiger partial charge is 0.326 e. The van der Waals surface area contributed by atoms with Gasteiger partial charge in [-0.05, 0) is 49.2 Å². The number of carbonyl (C=O) groups is 2. The van der Waals surface area contributed by atoms with Crippen LogP contribution in [0.15, 0.2) is 36.4 Å². The molecule has 0 fully saturated rings. The van der Waals surface area contributed by atoms with E-state index in [9.17, 15) is 18.4 Å². The Hall–Kier alpha value is -2.76. The number of benzene rings is 2. The van der Waals surface area contributed by atoms with Crippen LogP contribution in [0.2, 0.25) is 0 Å². The molecule has 2 rings (SSSR count). The van der Waals surface area contributed by atoms with Gasteiger partial charge in [-0.2, -0.15) is 0 Å². The quantitative estimate of drug-likeness (QED) is 0.847. The van der Waals surface area contributed by atoms with Gasteiger partial charge in [0, 0.05) is 17.4 Å². The molecule has 2 N–H and O–H groups in total. The lowest BCUT2D eigenvalue weighted by Crippen LogP contribution is -2.21. The summed E-state index contributed by atoms with van der Waals surface area (Å²) in [4.78, 5) is 23.6. The van der Waals surface area contributed by atoms with Crippen LogP contribution in [0.3, 0.4) is 0 Å². The van der Waals surface area contributed by atoms with Crippen LogP contribution in [0.1, 0.15) is 17.5 Å². The van der Waals surface area contributed by atoms with Crippen molar-refractivity contribution in [2.24, 2.45) is 0 Å². The fourth-order valence-corrected chi connectivity index (χ4v) is 2.18. The molecule has 6 heteroatoms. The summed E-state index contributed by atoms with van der Waals surface area (Å²) >= 11 is 0. The maximum absolute atomic E-state index is 13.0. The van der Waals surface area contributed by atoms with Crippen molar-refractivity contribution in [2.75, 3.05) is 10.6 Å². The lowest BCUT2D eigenvalue weighted by molar-refractivity contribution is -0.123. The lowest BCUT2D eigenvalue weighted by atomic mass is 10.1. The van der Waals surface area contributed by atoms with E-state index in [1.807, 2.05) is 19.9 Å². The molecule has 4 nitrogen and oxygen atoms in total. The van der Waals surface area contributed by atoms with Gasteiger partial charge in [-0.25, -0.2) is 8.78 Å². The van der Waals surface area contributed by atoms with Crippen molar-refractivity contribution in [1.82, 2.24) is 0 Å². The van der Waals surface area contributed by atoms with Crippen molar-refractivity contribution in [2.45, 2.75) is 20.3 Å². The minimum atomic E-state index is -1.07. The molecule has 2 amide bonds. The standard InChI is InChI=1S/C17H16F2N2O2/c1-10-5-11(2)7-13(6-10)21-17(23)9-16(22)20-12-3-4-14(18)15(19)8-12/h3-8H,9H2,1-2H3,(H,20,22)(H,21,23). The summed E-state index contributed by atoms with van der Waals surface area (Å²) in [7, 11) is 0. The first-order valence-corrected chi connectivity index (χ1v) is 6.96. The van der Waals surface area contributed by atoms with Gasteiger partial charge in [0.25, 0.3) is 0 Å². The van der Waals surface area contributed by atoms with Crippen LogP contribution in [0, 0.1) is 25.5 Å². The summed E-state index contributed by atoms with van der Waals surface area (Å²) in [5, 5.41) is 4.97. The number of rotatable bonds is 4. The Morgan fingerprint density at radius 2 is 1.39 bits per heavy atom. The van der Waals surface area contributed by atoms with Crippen molar-refractivity contribution in [3.63, 3.8) is 0 Å². The molecule has 0 saturated carbocycles. The minimum absolute atomic E-state index is 0.0908. The second-order valence-electron chi connectivity index (χ2n) is 5.28. The Morgan fingerprint density at radius 1 is 0.826 bits per heavy atom. The summed E-state index contributed by atoms with van der Waals surface area (Å²) in [5.41, 5.74) is 2.68. The molecule has 0 aliphatic heterocycles. The highest BCUT2D eigenvalue weighted by Crippen LogP contribution is 2.15. The van der Waals surface area contributed by atoms with Gasteiger partial charge < -0.3 is 10.6 Å². The third-order valence-corrected chi connectivity index (χ3v) is 3.03. The summed E-state index contributed by atoms with van der Waals surface area (Å²) in [6.07, 6.45) is -0.425. The number of amides is 2. The molecule has 0 aliphatic rings. The maximum Gasteiger partial charge on any atom is 0.233 e. The summed E-state index contributed by atoms with van der Waals surface area (Å²) in [6.45, 7) is 3.80. The zero-order valence-corrected chi connectivity index (χ0v) is 12.7. The number of aryl methyl sites for hydroxylation is 2. The number of anilines is 2. The van der Waals surface area contributed by atoms with Gasteiger partial charge in [-0.3, -0.25) is 9.59 Å². The predicted octanol–water partition coefficient (Wildman–Crippen LogP) is 3.55. The van der Waals surface area contributed by atoms with Crippen molar-refractivity contribution >= 4 is 23.2 Å². The van der Waals surface area contributed by atoms with Gasteiger partial charge in [0.2, 0.25) is 11.8 Å². The van der Waals surface area contributed by atoms with Crippen molar-refractivity contribution in [3.8, 4) is 0 Å². The predicted molar refractivity (Wildman–Crippen MR) is 84.2 cm³/mol. The summed E-state index contributed by atoms with van der Waals surface area (Å²) in [6, 6.07) is 8.52. The van der Waals surface area contributed by atoms with Crippen LogP contribution in [-0.4, -0.2) is 11.8 Å². The number of hydrogen-bond donors (Lipinski definition) is 2. The zero-order chi connectivity index (χ0) is 17.0. The minimum Gasteiger partial charge on any atom is -0.326 e. The molecule has 23 heavy (non-hydrogen) atoms. The molecular formula is C17H16F2N2O2. The van der Waals surface area contributed by atoms with Crippen LogP contribution < -0.4 is 10.6 Å². The Morgan fingerprint density at radius 3 is 1.96 bits per heavy atom. The summed E-state index contributed by atoms with van der Waals surface area (Å²) < 4.78 is 25.9. The molecule has 2 aromatic carbocycles. The van der Waals surface area contributed by atoms with E-state index in [1.54, 1.807) is 12.1 Å². The molecule has 0 aromatic heterocycles. The molecule has 0 saturated heterocycles.